The first-order chi connectivity index (χ1) is 7.24. The SMILES string of the molecule is NC1CCCC(=Nc2nccc(=O)[nH]2)C1. The minimum atomic E-state index is -0.176. The van der Waals surface area contributed by atoms with Gasteiger partial charge in [0, 0.05) is 30.4 Å². The summed E-state index contributed by atoms with van der Waals surface area (Å²) in [5, 5.41) is 0. The lowest BCUT2D eigenvalue weighted by atomic mass is 9.94. The summed E-state index contributed by atoms with van der Waals surface area (Å²) < 4.78 is 0. The van der Waals surface area contributed by atoms with E-state index in [1.165, 1.54) is 12.3 Å². The normalized spacial score (nSPS) is 24.3. The summed E-state index contributed by atoms with van der Waals surface area (Å²) in [6.07, 6.45) is 5.33. The summed E-state index contributed by atoms with van der Waals surface area (Å²) in [6, 6.07) is 1.57. The van der Waals surface area contributed by atoms with Gasteiger partial charge in [-0.25, -0.2) is 9.98 Å². The fraction of sp³-hybridized carbons (Fsp3) is 0.500. The van der Waals surface area contributed by atoms with Crippen LogP contribution in [0.1, 0.15) is 25.7 Å². The maximum atomic E-state index is 11.0. The molecule has 1 unspecified atom stereocenters. The second kappa shape index (κ2) is 4.35. The van der Waals surface area contributed by atoms with Crippen LogP contribution >= 0.6 is 0 Å². The minimum absolute atomic E-state index is 0.176. The molecular weight excluding hydrogens is 192 g/mol. The Balaban J connectivity index is 2.18. The molecule has 0 spiro atoms. The van der Waals surface area contributed by atoms with Crippen molar-refractivity contribution < 1.29 is 0 Å². The molecule has 1 heterocycles. The van der Waals surface area contributed by atoms with Gasteiger partial charge in [-0.3, -0.25) is 9.78 Å². The van der Waals surface area contributed by atoms with Gasteiger partial charge in [0.15, 0.2) is 0 Å². The van der Waals surface area contributed by atoms with Gasteiger partial charge in [0.2, 0.25) is 5.95 Å². The van der Waals surface area contributed by atoms with Gasteiger partial charge in [0.05, 0.1) is 0 Å². The van der Waals surface area contributed by atoms with E-state index in [0.717, 1.165) is 31.4 Å². The van der Waals surface area contributed by atoms with Gasteiger partial charge in [-0.05, 0) is 19.3 Å². The number of aromatic amines is 1. The lowest BCUT2D eigenvalue weighted by Gasteiger charge is -2.18. The number of aromatic nitrogens is 2. The van der Waals surface area contributed by atoms with Crippen molar-refractivity contribution in [2.45, 2.75) is 31.7 Å². The zero-order chi connectivity index (χ0) is 10.7. The van der Waals surface area contributed by atoms with Crippen LogP contribution in [0.2, 0.25) is 0 Å². The standard InChI is InChI=1S/C10H14N4O/c11-7-2-1-3-8(6-7)13-10-12-5-4-9(15)14-10/h4-5,7H,1-3,6,11H2,(H,12,14,15). The Bertz CT molecular complexity index is 423. The Morgan fingerprint density at radius 1 is 1.60 bits per heavy atom. The molecular formula is C10H14N4O. The zero-order valence-electron chi connectivity index (χ0n) is 8.44. The predicted octanol–water partition coefficient (Wildman–Crippen LogP) is 0.744. The van der Waals surface area contributed by atoms with Gasteiger partial charge in [-0.1, -0.05) is 0 Å². The molecule has 1 atom stereocenters. The smallest absolute Gasteiger partial charge is 0.252 e. The summed E-state index contributed by atoms with van der Waals surface area (Å²) in [6.45, 7) is 0. The zero-order valence-corrected chi connectivity index (χ0v) is 8.44. The number of hydrogen-bond acceptors (Lipinski definition) is 4. The summed E-state index contributed by atoms with van der Waals surface area (Å²) >= 11 is 0. The van der Waals surface area contributed by atoms with Gasteiger partial charge >= 0.3 is 0 Å². The van der Waals surface area contributed by atoms with E-state index in [9.17, 15) is 4.79 Å². The molecule has 2 rings (SSSR count). The monoisotopic (exact) mass is 206 g/mol. The molecule has 0 aromatic carbocycles. The first kappa shape index (κ1) is 10.0. The summed E-state index contributed by atoms with van der Waals surface area (Å²) in [5.41, 5.74) is 6.69. The van der Waals surface area contributed by atoms with Crippen LogP contribution in [0.25, 0.3) is 0 Å². The molecule has 3 N–H and O–H groups in total. The molecule has 0 radical (unpaired) electrons. The van der Waals surface area contributed by atoms with Crippen molar-refractivity contribution in [1.29, 1.82) is 0 Å². The Kier molecular flexibility index (Phi) is 2.91. The largest absolute Gasteiger partial charge is 0.327 e. The van der Waals surface area contributed by atoms with Crippen LogP contribution in [0, 0.1) is 0 Å². The van der Waals surface area contributed by atoms with E-state index in [2.05, 4.69) is 15.0 Å². The van der Waals surface area contributed by atoms with E-state index in [4.69, 9.17) is 5.73 Å². The summed E-state index contributed by atoms with van der Waals surface area (Å²) in [4.78, 5) is 21.9. The third-order valence-electron chi connectivity index (χ3n) is 2.46. The van der Waals surface area contributed by atoms with Crippen molar-refractivity contribution in [3.8, 4) is 0 Å². The van der Waals surface area contributed by atoms with Crippen LogP contribution in [0.3, 0.4) is 0 Å². The van der Waals surface area contributed by atoms with E-state index in [0.29, 0.717) is 5.95 Å². The first-order valence-electron chi connectivity index (χ1n) is 5.11. The fourth-order valence-electron chi connectivity index (χ4n) is 1.74. The van der Waals surface area contributed by atoms with Crippen LogP contribution in [0.15, 0.2) is 22.1 Å². The van der Waals surface area contributed by atoms with Gasteiger partial charge in [0.1, 0.15) is 0 Å². The molecule has 1 aliphatic rings. The Morgan fingerprint density at radius 2 is 2.47 bits per heavy atom. The molecule has 0 bridgehead atoms. The molecule has 1 fully saturated rings. The number of hydrogen-bond donors (Lipinski definition) is 2. The Labute approximate surface area is 87.5 Å². The molecule has 15 heavy (non-hydrogen) atoms. The number of H-pyrrole nitrogens is 1. The van der Waals surface area contributed by atoms with E-state index < -0.39 is 0 Å². The van der Waals surface area contributed by atoms with Gasteiger partial charge < -0.3 is 5.73 Å². The summed E-state index contributed by atoms with van der Waals surface area (Å²) in [7, 11) is 0. The highest BCUT2D eigenvalue weighted by Gasteiger charge is 2.14. The van der Waals surface area contributed by atoms with Crippen molar-refractivity contribution in [2.75, 3.05) is 0 Å². The number of aliphatic imine (C=N–C) groups is 1. The van der Waals surface area contributed by atoms with E-state index in [1.807, 2.05) is 0 Å². The van der Waals surface area contributed by atoms with Gasteiger partial charge in [-0.2, -0.15) is 0 Å². The maximum absolute atomic E-state index is 11.0. The van der Waals surface area contributed by atoms with Crippen molar-refractivity contribution in [1.82, 2.24) is 9.97 Å². The summed E-state index contributed by atoms with van der Waals surface area (Å²) in [5.74, 6) is 0.381. The lowest BCUT2D eigenvalue weighted by molar-refractivity contribution is 0.570. The number of nitrogens with one attached hydrogen (secondary N) is 1. The first-order valence-corrected chi connectivity index (χ1v) is 5.11. The van der Waals surface area contributed by atoms with Gasteiger partial charge in [0.25, 0.3) is 5.56 Å². The van der Waals surface area contributed by atoms with Crippen molar-refractivity contribution >= 4 is 11.7 Å². The van der Waals surface area contributed by atoms with Crippen LogP contribution in [-0.2, 0) is 0 Å². The highest BCUT2D eigenvalue weighted by atomic mass is 16.1. The average Bonchev–Trinajstić information content (AvgIpc) is 2.17. The second-order valence-electron chi connectivity index (χ2n) is 3.79. The Hall–Kier alpha value is -1.49. The number of rotatable bonds is 1. The van der Waals surface area contributed by atoms with Gasteiger partial charge in [-0.15, -0.1) is 0 Å². The molecule has 1 aliphatic carbocycles. The maximum Gasteiger partial charge on any atom is 0.252 e. The molecule has 0 amide bonds. The highest BCUT2D eigenvalue weighted by Crippen LogP contribution is 2.16. The topological polar surface area (TPSA) is 84.1 Å². The van der Waals surface area contributed by atoms with E-state index >= 15 is 0 Å². The molecule has 1 aromatic heterocycles. The van der Waals surface area contributed by atoms with Crippen molar-refractivity contribution in [2.24, 2.45) is 10.7 Å². The van der Waals surface area contributed by atoms with Crippen LogP contribution in [0.4, 0.5) is 5.95 Å². The lowest BCUT2D eigenvalue weighted by Crippen LogP contribution is -2.27. The van der Waals surface area contributed by atoms with Crippen molar-refractivity contribution in [3.63, 3.8) is 0 Å². The third kappa shape index (κ3) is 2.73. The van der Waals surface area contributed by atoms with E-state index in [-0.39, 0.29) is 11.6 Å². The van der Waals surface area contributed by atoms with E-state index in [1.54, 1.807) is 0 Å². The molecule has 0 aliphatic heterocycles. The predicted molar refractivity (Wildman–Crippen MR) is 58.4 cm³/mol. The molecule has 0 saturated heterocycles. The van der Waals surface area contributed by atoms with Crippen LogP contribution < -0.4 is 11.3 Å². The van der Waals surface area contributed by atoms with Crippen LogP contribution in [-0.4, -0.2) is 21.7 Å². The molecule has 1 saturated carbocycles. The Morgan fingerprint density at radius 3 is 3.20 bits per heavy atom. The number of nitrogens with zero attached hydrogens (tertiary/aromatic N) is 2. The number of nitrogens with two attached hydrogens (primary N) is 1. The molecule has 5 nitrogen and oxygen atoms in total. The molecule has 80 valence electrons. The van der Waals surface area contributed by atoms with Crippen molar-refractivity contribution in [3.05, 3.63) is 22.6 Å². The minimum Gasteiger partial charge on any atom is -0.327 e. The second-order valence-corrected chi connectivity index (χ2v) is 3.79. The van der Waals surface area contributed by atoms with Crippen LogP contribution in [0.5, 0.6) is 0 Å². The third-order valence-corrected chi connectivity index (χ3v) is 2.46. The highest BCUT2D eigenvalue weighted by molar-refractivity contribution is 5.87. The quantitative estimate of drug-likeness (QED) is 0.710. The fourth-order valence-corrected chi connectivity index (χ4v) is 1.74. The molecule has 5 heteroatoms. The average molecular weight is 206 g/mol. The molecule has 1 aromatic rings.